The van der Waals surface area contributed by atoms with Gasteiger partial charge in [0.05, 0.1) is 0 Å². The molecule has 4 nitrogen and oxygen atoms in total. The molecule has 0 spiro atoms. The zero-order valence-corrected chi connectivity index (χ0v) is 11.5. The molecule has 3 atom stereocenters. The minimum atomic E-state index is -1.92. The average molecular weight is 286 g/mol. The van der Waals surface area contributed by atoms with Gasteiger partial charge in [0.2, 0.25) is 5.79 Å². The summed E-state index contributed by atoms with van der Waals surface area (Å²) in [4.78, 5) is 0. The van der Waals surface area contributed by atoms with Crippen molar-refractivity contribution >= 4 is 0 Å². The lowest BCUT2D eigenvalue weighted by Gasteiger charge is -2.17. The fraction of sp³-hybridized carbons (Fsp3) is 0.294. The van der Waals surface area contributed by atoms with Gasteiger partial charge in [-0.2, -0.15) is 0 Å². The molecule has 0 aromatic heterocycles. The summed E-state index contributed by atoms with van der Waals surface area (Å²) in [6.07, 6.45) is -0.835. The summed E-state index contributed by atoms with van der Waals surface area (Å²) in [7, 11) is 0. The Hall–Kier alpha value is -1.72. The number of hydrogen-bond donors (Lipinski definition) is 3. The third kappa shape index (κ3) is 2.71. The number of rotatable bonds is 5. The highest BCUT2D eigenvalue weighted by Crippen LogP contribution is 2.49. The lowest BCUT2D eigenvalue weighted by molar-refractivity contribution is -0.0785. The molecule has 0 radical (unpaired) electrons. The van der Waals surface area contributed by atoms with E-state index in [1.165, 1.54) is 0 Å². The monoisotopic (exact) mass is 286 g/mol. The molecule has 1 saturated heterocycles. The minimum Gasteiger partial charge on any atom is -0.387 e. The van der Waals surface area contributed by atoms with Crippen molar-refractivity contribution in [3.8, 4) is 0 Å². The van der Waals surface area contributed by atoms with Gasteiger partial charge < -0.3 is 20.1 Å². The van der Waals surface area contributed by atoms with Crippen LogP contribution < -0.4 is 0 Å². The number of aliphatic hydroxyl groups is 3. The van der Waals surface area contributed by atoms with Crippen molar-refractivity contribution in [3.63, 3.8) is 0 Å². The lowest BCUT2D eigenvalue weighted by atomic mass is 9.96. The molecule has 1 aliphatic heterocycles. The molecule has 0 amide bonds. The van der Waals surface area contributed by atoms with Crippen molar-refractivity contribution in [2.24, 2.45) is 0 Å². The highest BCUT2D eigenvalue weighted by molar-refractivity contribution is 5.23. The molecule has 2 aromatic carbocycles. The maximum Gasteiger partial charge on any atom is 0.251 e. The van der Waals surface area contributed by atoms with Gasteiger partial charge in [0.1, 0.15) is 6.10 Å². The Kier molecular flexibility index (Phi) is 3.55. The zero-order chi connectivity index (χ0) is 14.9. The van der Waals surface area contributed by atoms with Crippen molar-refractivity contribution in [2.45, 2.75) is 30.5 Å². The highest BCUT2D eigenvalue weighted by Gasteiger charge is 2.73. The van der Waals surface area contributed by atoms with Gasteiger partial charge >= 0.3 is 0 Å². The Morgan fingerprint density at radius 3 is 1.95 bits per heavy atom. The summed E-state index contributed by atoms with van der Waals surface area (Å²) in [5, 5.41) is 30.8. The molecule has 0 bridgehead atoms. The van der Waals surface area contributed by atoms with Crippen molar-refractivity contribution in [3.05, 3.63) is 71.8 Å². The number of benzene rings is 2. The first-order chi connectivity index (χ1) is 10.0. The molecule has 1 aliphatic rings. The summed E-state index contributed by atoms with van der Waals surface area (Å²) < 4.78 is 5.09. The van der Waals surface area contributed by atoms with Gasteiger partial charge in [-0.1, -0.05) is 60.7 Å². The number of hydrogen-bond acceptors (Lipinski definition) is 4. The van der Waals surface area contributed by atoms with E-state index < -0.39 is 17.7 Å². The molecule has 1 heterocycles. The molecule has 3 N–H and O–H groups in total. The van der Waals surface area contributed by atoms with E-state index in [0.717, 1.165) is 11.1 Å². The normalized spacial score (nSPS) is 29.1. The van der Waals surface area contributed by atoms with E-state index in [9.17, 15) is 15.3 Å². The van der Waals surface area contributed by atoms with E-state index in [1.807, 2.05) is 60.7 Å². The fourth-order valence-electron chi connectivity index (χ4n) is 2.57. The molecule has 1 fully saturated rings. The van der Waals surface area contributed by atoms with Crippen LogP contribution in [0.1, 0.15) is 11.1 Å². The summed E-state index contributed by atoms with van der Waals surface area (Å²) in [5.41, 5.74) is 1.71. The van der Waals surface area contributed by atoms with E-state index in [2.05, 4.69) is 0 Å². The van der Waals surface area contributed by atoms with Crippen LogP contribution in [0.2, 0.25) is 0 Å². The van der Waals surface area contributed by atoms with E-state index in [4.69, 9.17) is 4.74 Å². The Morgan fingerprint density at radius 1 is 0.857 bits per heavy atom. The van der Waals surface area contributed by atoms with Crippen molar-refractivity contribution in [2.75, 3.05) is 0 Å². The second-order valence-electron chi connectivity index (χ2n) is 5.45. The molecular weight excluding hydrogens is 268 g/mol. The van der Waals surface area contributed by atoms with Gasteiger partial charge in [-0.15, -0.1) is 0 Å². The van der Waals surface area contributed by atoms with Crippen LogP contribution in [0.5, 0.6) is 0 Å². The first kappa shape index (κ1) is 14.2. The van der Waals surface area contributed by atoms with Crippen LogP contribution in [0, 0.1) is 0 Å². The van der Waals surface area contributed by atoms with Crippen molar-refractivity contribution in [1.82, 2.24) is 0 Å². The molecule has 4 heteroatoms. The van der Waals surface area contributed by atoms with Crippen LogP contribution in [0.15, 0.2) is 60.7 Å². The Morgan fingerprint density at radius 2 is 1.38 bits per heavy atom. The number of ether oxygens (including phenoxy) is 1. The molecule has 3 rings (SSSR count). The predicted molar refractivity (Wildman–Crippen MR) is 77.3 cm³/mol. The predicted octanol–water partition coefficient (Wildman–Crippen LogP) is 1.24. The SMILES string of the molecule is OC(Cc1ccccc1)C1(O)OC1(O)Cc1ccccc1. The van der Waals surface area contributed by atoms with Gasteiger partial charge in [0, 0.05) is 12.8 Å². The smallest absolute Gasteiger partial charge is 0.251 e. The maximum atomic E-state index is 10.3. The Bertz CT molecular complexity index is 601. The Labute approximate surface area is 123 Å². The quantitative estimate of drug-likeness (QED) is 0.723. The highest BCUT2D eigenvalue weighted by atomic mass is 16.8. The van der Waals surface area contributed by atoms with Gasteiger partial charge in [-0.05, 0) is 11.1 Å². The zero-order valence-electron chi connectivity index (χ0n) is 11.5. The number of epoxide rings is 1. The molecule has 110 valence electrons. The van der Waals surface area contributed by atoms with E-state index in [1.54, 1.807) is 0 Å². The van der Waals surface area contributed by atoms with Gasteiger partial charge in [-0.25, -0.2) is 0 Å². The molecule has 0 aliphatic carbocycles. The van der Waals surface area contributed by atoms with Crippen LogP contribution >= 0.6 is 0 Å². The van der Waals surface area contributed by atoms with E-state index in [-0.39, 0.29) is 12.8 Å². The van der Waals surface area contributed by atoms with Crippen molar-refractivity contribution in [1.29, 1.82) is 0 Å². The molecule has 2 aromatic rings. The second-order valence-corrected chi connectivity index (χ2v) is 5.45. The average Bonchev–Trinajstić information content (AvgIpc) is 3.04. The molecule has 0 saturated carbocycles. The van der Waals surface area contributed by atoms with Gasteiger partial charge in [0.25, 0.3) is 5.79 Å². The standard InChI is InChI=1S/C17H18O4/c18-15(11-13-7-3-1-4-8-13)17(20)16(19,21-17)12-14-9-5-2-6-10-14/h1-10,15,18-20H,11-12H2. The van der Waals surface area contributed by atoms with Gasteiger partial charge in [0.15, 0.2) is 0 Å². The van der Waals surface area contributed by atoms with E-state index in [0.29, 0.717) is 0 Å². The summed E-state index contributed by atoms with van der Waals surface area (Å²) in [6, 6.07) is 18.5. The molecule has 21 heavy (non-hydrogen) atoms. The molecular formula is C17H18O4. The van der Waals surface area contributed by atoms with Crippen LogP contribution in [0.4, 0.5) is 0 Å². The second kappa shape index (κ2) is 5.24. The topological polar surface area (TPSA) is 73.2 Å². The first-order valence-corrected chi connectivity index (χ1v) is 6.94. The summed E-state index contributed by atoms with van der Waals surface area (Å²) in [5.74, 6) is -3.65. The van der Waals surface area contributed by atoms with Crippen LogP contribution in [-0.2, 0) is 17.6 Å². The summed E-state index contributed by atoms with van der Waals surface area (Å²) >= 11 is 0. The fourth-order valence-corrected chi connectivity index (χ4v) is 2.57. The van der Waals surface area contributed by atoms with Crippen molar-refractivity contribution < 1.29 is 20.1 Å². The summed E-state index contributed by atoms with van der Waals surface area (Å²) in [6.45, 7) is 0. The third-order valence-corrected chi connectivity index (χ3v) is 3.85. The first-order valence-electron chi connectivity index (χ1n) is 6.94. The number of aliphatic hydroxyl groups excluding tert-OH is 1. The van der Waals surface area contributed by atoms with Crippen LogP contribution in [0.25, 0.3) is 0 Å². The Balaban J connectivity index is 1.68. The lowest BCUT2D eigenvalue weighted by Crippen LogP contribution is -2.40. The third-order valence-electron chi connectivity index (χ3n) is 3.85. The largest absolute Gasteiger partial charge is 0.387 e. The molecule has 3 unspecified atom stereocenters. The van der Waals surface area contributed by atoms with Gasteiger partial charge in [-0.3, -0.25) is 0 Å². The van der Waals surface area contributed by atoms with Crippen LogP contribution in [-0.4, -0.2) is 33.0 Å². The van der Waals surface area contributed by atoms with E-state index >= 15 is 0 Å². The van der Waals surface area contributed by atoms with Crippen LogP contribution in [0.3, 0.4) is 0 Å². The minimum absolute atomic E-state index is 0.135. The maximum absolute atomic E-state index is 10.3.